The molecule has 0 bridgehead atoms. The summed E-state index contributed by atoms with van der Waals surface area (Å²) in [5.41, 5.74) is 0.435. The van der Waals surface area contributed by atoms with Crippen LogP contribution in [-0.2, 0) is 4.79 Å². The standard InChI is InChI=1S/C16H14F2N4O/c1-2-22(12-7-6-11(8-19)20-9-12)10-15(23)21-16-13(17)4-3-5-14(16)18/h3-7,9H,2,10H2,1H3,(H,21,23). The second kappa shape index (κ2) is 7.31. The highest BCUT2D eigenvalue weighted by atomic mass is 19.1. The van der Waals surface area contributed by atoms with Gasteiger partial charge in [0.25, 0.3) is 0 Å². The molecule has 0 aliphatic carbocycles. The van der Waals surface area contributed by atoms with Crippen LogP contribution in [0.15, 0.2) is 36.5 Å². The highest BCUT2D eigenvalue weighted by molar-refractivity contribution is 5.94. The average Bonchev–Trinajstić information content (AvgIpc) is 2.56. The number of hydrogen-bond acceptors (Lipinski definition) is 4. The van der Waals surface area contributed by atoms with Crippen molar-refractivity contribution in [3.8, 4) is 6.07 Å². The summed E-state index contributed by atoms with van der Waals surface area (Å²) >= 11 is 0. The van der Waals surface area contributed by atoms with Gasteiger partial charge in [0.2, 0.25) is 5.91 Å². The number of pyridine rings is 1. The first-order valence-electron chi connectivity index (χ1n) is 6.90. The molecule has 1 N–H and O–H groups in total. The van der Waals surface area contributed by atoms with Crippen LogP contribution in [0, 0.1) is 23.0 Å². The number of para-hydroxylation sites is 1. The van der Waals surface area contributed by atoms with Crippen molar-refractivity contribution in [2.24, 2.45) is 0 Å². The topological polar surface area (TPSA) is 69.0 Å². The highest BCUT2D eigenvalue weighted by Gasteiger charge is 2.15. The number of carbonyl (C=O) groups excluding carboxylic acids is 1. The van der Waals surface area contributed by atoms with Crippen LogP contribution in [-0.4, -0.2) is 24.0 Å². The Kier molecular flexibility index (Phi) is 5.20. The third-order valence-electron chi connectivity index (χ3n) is 3.17. The van der Waals surface area contributed by atoms with Crippen LogP contribution in [0.25, 0.3) is 0 Å². The minimum absolute atomic E-state index is 0.0994. The fourth-order valence-corrected chi connectivity index (χ4v) is 1.99. The average molecular weight is 316 g/mol. The van der Waals surface area contributed by atoms with Crippen LogP contribution in [0.2, 0.25) is 0 Å². The maximum absolute atomic E-state index is 13.5. The number of likely N-dealkylation sites (N-methyl/N-ethyl adjacent to an activating group) is 1. The molecular weight excluding hydrogens is 302 g/mol. The van der Waals surface area contributed by atoms with E-state index in [1.165, 1.54) is 18.3 Å². The summed E-state index contributed by atoms with van der Waals surface area (Å²) in [6.07, 6.45) is 1.47. The van der Waals surface area contributed by atoms with E-state index in [9.17, 15) is 13.6 Å². The van der Waals surface area contributed by atoms with Gasteiger partial charge in [0.05, 0.1) is 18.4 Å². The van der Waals surface area contributed by atoms with E-state index in [4.69, 9.17) is 5.26 Å². The van der Waals surface area contributed by atoms with Crippen LogP contribution < -0.4 is 10.2 Å². The number of rotatable bonds is 5. The van der Waals surface area contributed by atoms with Crippen molar-refractivity contribution in [2.75, 3.05) is 23.3 Å². The molecule has 0 saturated heterocycles. The van der Waals surface area contributed by atoms with Gasteiger partial charge < -0.3 is 10.2 Å². The molecule has 0 radical (unpaired) electrons. The Morgan fingerprint density at radius 1 is 1.30 bits per heavy atom. The van der Waals surface area contributed by atoms with Crippen molar-refractivity contribution in [2.45, 2.75) is 6.92 Å². The van der Waals surface area contributed by atoms with E-state index in [0.717, 1.165) is 12.1 Å². The van der Waals surface area contributed by atoms with Gasteiger partial charge in [-0.25, -0.2) is 13.8 Å². The fourth-order valence-electron chi connectivity index (χ4n) is 1.99. The molecular formula is C16H14F2N4O. The third kappa shape index (κ3) is 4.01. The van der Waals surface area contributed by atoms with Crippen LogP contribution >= 0.6 is 0 Å². The number of nitriles is 1. The van der Waals surface area contributed by atoms with Gasteiger partial charge in [-0.05, 0) is 31.2 Å². The molecule has 0 saturated carbocycles. The Morgan fingerprint density at radius 2 is 2.00 bits per heavy atom. The maximum Gasteiger partial charge on any atom is 0.244 e. The van der Waals surface area contributed by atoms with Gasteiger partial charge in [0, 0.05) is 6.54 Å². The molecule has 0 aliphatic rings. The lowest BCUT2D eigenvalue weighted by atomic mass is 10.2. The van der Waals surface area contributed by atoms with Crippen molar-refractivity contribution in [3.63, 3.8) is 0 Å². The fraction of sp³-hybridized carbons (Fsp3) is 0.188. The monoisotopic (exact) mass is 316 g/mol. The lowest BCUT2D eigenvalue weighted by Gasteiger charge is -2.22. The van der Waals surface area contributed by atoms with Gasteiger partial charge in [0.15, 0.2) is 0 Å². The quantitative estimate of drug-likeness (QED) is 0.921. The van der Waals surface area contributed by atoms with Crippen LogP contribution in [0.1, 0.15) is 12.6 Å². The molecule has 2 aromatic rings. The summed E-state index contributed by atoms with van der Waals surface area (Å²) in [7, 11) is 0. The number of carbonyl (C=O) groups is 1. The summed E-state index contributed by atoms with van der Waals surface area (Å²) in [6, 6.07) is 8.46. The lowest BCUT2D eigenvalue weighted by Crippen LogP contribution is -2.33. The Balaban J connectivity index is 2.09. The van der Waals surface area contributed by atoms with E-state index in [2.05, 4.69) is 10.3 Å². The van der Waals surface area contributed by atoms with E-state index in [1.807, 2.05) is 13.0 Å². The molecule has 0 unspecified atom stereocenters. The Hall–Kier alpha value is -3.01. The molecule has 1 aromatic heterocycles. The number of halogens is 2. The summed E-state index contributed by atoms with van der Waals surface area (Å²) in [5, 5.41) is 11.0. The van der Waals surface area contributed by atoms with Crippen LogP contribution in [0.4, 0.5) is 20.2 Å². The zero-order chi connectivity index (χ0) is 16.8. The zero-order valence-corrected chi connectivity index (χ0v) is 12.4. The van der Waals surface area contributed by atoms with Crippen molar-refractivity contribution < 1.29 is 13.6 Å². The highest BCUT2D eigenvalue weighted by Crippen LogP contribution is 2.18. The molecule has 5 nitrogen and oxygen atoms in total. The zero-order valence-electron chi connectivity index (χ0n) is 12.4. The Labute approximate surface area is 132 Å². The van der Waals surface area contributed by atoms with E-state index in [0.29, 0.717) is 12.2 Å². The predicted octanol–water partition coefficient (Wildman–Crippen LogP) is 2.70. The molecule has 0 fully saturated rings. The molecule has 0 spiro atoms. The minimum Gasteiger partial charge on any atom is -0.361 e. The first-order chi connectivity index (χ1) is 11.0. The molecule has 23 heavy (non-hydrogen) atoms. The summed E-state index contributed by atoms with van der Waals surface area (Å²) in [5.74, 6) is -2.22. The molecule has 118 valence electrons. The van der Waals surface area contributed by atoms with Gasteiger partial charge in [-0.15, -0.1) is 0 Å². The van der Waals surface area contributed by atoms with Crippen LogP contribution in [0.3, 0.4) is 0 Å². The third-order valence-corrected chi connectivity index (χ3v) is 3.17. The minimum atomic E-state index is -0.832. The summed E-state index contributed by atoms with van der Waals surface area (Å²) in [4.78, 5) is 17.6. The molecule has 7 heteroatoms. The van der Waals surface area contributed by atoms with Crippen molar-refractivity contribution in [3.05, 3.63) is 53.9 Å². The van der Waals surface area contributed by atoms with E-state index < -0.39 is 23.2 Å². The van der Waals surface area contributed by atoms with Gasteiger partial charge in [0.1, 0.15) is 29.1 Å². The maximum atomic E-state index is 13.5. The number of benzene rings is 1. The molecule has 1 aromatic carbocycles. The summed E-state index contributed by atoms with van der Waals surface area (Å²) < 4.78 is 27.1. The summed E-state index contributed by atoms with van der Waals surface area (Å²) in [6.45, 7) is 2.22. The normalized spacial score (nSPS) is 10.0. The number of nitrogens with zero attached hydrogens (tertiary/aromatic N) is 3. The SMILES string of the molecule is CCN(CC(=O)Nc1c(F)cccc1F)c1ccc(C#N)nc1. The molecule has 1 heterocycles. The number of amides is 1. The van der Waals surface area contributed by atoms with Gasteiger partial charge in [-0.3, -0.25) is 4.79 Å². The predicted molar refractivity (Wildman–Crippen MR) is 81.8 cm³/mol. The Bertz CT molecular complexity index is 720. The van der Waals surface area contributed by atoms with E-state index in [1.54, 1.807) is 11.0 Å². The molecule has 1 amide bonds. The second-order valence-electron chi connectivity index (χ2n) is 4.67. The molecule has 2 rings (SSSR count). The second-order valence-corrected chi connectivity index (χ2v) is 4.67. The van der Waals surface area contributed by atoms with Crippen molar-refractivity contribution >= 4 is 17.3 Å². The first kappa shape index (κ1) is 16.4. The molecule has 0 atom stereocenters. The van der Waals surface area contributed by atoms with Crippen molar-refractivity contribution in [1.29, 1.82) is 5.26 Å². The smallest absolute Gasteiger partial charge is 0.244 e. The lowest BCUT2D eigenvalue weighted by molar-refractivity contribution is -0.115. The van der Waals surface area contributed by atoms with Gasteiger partial charge >= 0.3 is 0 Å². The van der Waals surface area contributed by atoms with E-state index in [-0.39, 0.29) is 12.2 Å². The Morgan fingerprint density at radius 3 is 2.52 bits per heavy atom. The van der Waals surface area contributed by atoms with Crippen LogP contribution in [0.5, 0.6) is 0 Å². The molecule has 0 aliphatic heterocycles. The number of hydrogen-bond donors (Lipinski definition) is 1. The number of anilines is 2. The van der Waals surface area contributed by atoms with Crippen molar-refractivity contribution in [1.82, 2.24) is 4.98 Å². The number of aromatic nitrogens is 1. The number of nitrogens with one attached hydrogen (secondary N) is 1. The first-order valence-corrected chi connectivity index (χ1v) is 6.90. The van der Waals surface area contributed by atoms with E-state index >= 15 is 0 Å². The van der Waals surface area contributed by atoms with Gasteiger partial charge in [-0.1, -0.05) is 6.07 Å². The van der Waals surface area contributed by atoms with Gasteiger partial charge in [-0.2, -0.15) is 5.26 Å². The largest absolute Gasteiger partial charge is 0.361 e.